The van der Waals surface area contributed by atoms with Crippen molar-refractivity contribution in [1.82, 2.24) is 14.5 Å². The van der Waals surface area contributed by atoms with E-state index in [0.29, 0.717) is 28.2 Å². The van der Waals surface area contributed by atoms with Gasteiger partial charge in [0.2, 0.25) is 0 Å². The molecule has 2 amide bonds. The summed E-state index contributed by atoms with van der Waals surface area (Å²) in [4.78, 5) is 34.5. The Morgan fingerprint density at radius 3 is 2.54 bits per heavy atom. The van der Waals surface area contributed by atoms with Crippen molar-refractivity contribution in [3.63, 3.8) is 0 Å². The molecule has 192 valence electrons. The number of nitrogens with zero attached hydrogens (tertiary/aromatic N) is 3. The Bertz CT molecular complexity index is 1520. The number of rotatable bonds is 6. The lowest BCUT2D eigenvalue weighted by atomic mass is 10.1. The maximum Gasteiger partial charge on any atom is 0.416 e. The minimum atomic E-state index is -4.54. The largest absolute Gasteiger partial charge is 0.416 e. The van der Waals surface area contributed by atoms with Gasteiger partial charge in [-0.2, -0.15) is 13.2 Å². The number of halogens is 4. The molecule has 0 bridgehead atoms. The van der Waals surface area contributed by atoms with Gasteiger partial charge in [-0.1, -0.05) is 23.7 Å². The number of amides is 2. The molecule has 4 aromatic rings. The third-order valence-corrected chi connectivity index (χ3v) is 5.97. The molecule has 4 rings (SSSR count). The van der Waals surface area contributed by atoms with E-state index in [1.807, 2.05) is 0 Å². The normalized spacial score (nSPS) is 11.5. The zero-order valence-corrected chi connectivity index (χ0v) is 20.7. The number of aryl methyl sites for hydroxylation is 2. The summed E-state index contributed by atoms with van der Waals surface area (Å²) in [6, 6.07) is 8.84. The Morgan fingerprint density at radius 2 is 1.84 bits per heavy atom. The van der Waals surface area contributed by atoms with Crippen LogP contribution in [0.15, 0.2) is 48.7 Å². The van der Waals surface area contributed by atoms with Gasteiger partial charge in [0.05, 0.1) is 16.1 Å². The van der Waals surface area contributed by atoms with Crippen LogP contribution in [-0.4, -0.2) is 33.5 Å². The van der Waals surface area contributed by atoms with Gasteiger partial charge >= 0.3 is 6.18 Å². The number of fused-ring (bicyclic) bond motifs is 1. The van der Waals surface area contributed by atoms with Crippen LogP contribution in [0.4, 0.5) is 24.5 Å². The number of carbonyl (C=O) groups is 2. The number of hydrogen-bond acceptors (Lipinski definition) is 5. The molecule has 8 nitrogen and oxygen atoms in total. The highest BCUT2D eigenvalue weighted by molar-refractivity contribution is 6.38. The fourth-order valence-corrected chi connectivity index (χ4v) is 3.91. The molecule has 37 heavy (non-hydrogen) atoms. The maximum atomic E-state index is 13.0. The number of hydrogen-bond donors (Lipinski definition) is 2. The van der Waals surface area contributed by atoms with Gasteiger partial charge in [-0.3, -0.25) is 14.2 Å². The number of pyridine rings is 1. The van der Waals surface area contributed by atoms with Crippen molar-refractivity contribution in [2.24, 2.45) is 0 Å². The van der Waals surface area contributed by atoms with Crippen LogP contribution < -0.4 is 10.6 Å². The molecule has 0 radical (unpaired) electrons. The first-order valence-electron chi connectivity index (χ1n) is 10.9. The number of alkyl halides is 3. The summed E-state index contributed by atoms with van der Waals surface area (Å²) < 4.78 is 45.8. The Hall–Kier alpha value is -3.96. The van der Waals surface area contributed by atoms with E-state index in [-0.39, 0.29) is 28.6 Å². The SMILES string of the molecule is COCn1c(C)nc2c(Cl)c(C(=O)Nc3cc(C(=O)Nc4cccc(C(F)(F)F)c4)ccc3C)cnc21. The number of methoxy groups -OCH3 is 1. The summed E-state index contributed by atoms with van der Waals surface area (Å²) in [5.41, 5.74) is 1.09. The second kappa shape index (κ2) is 10.2. The number of benzene rings is 2. The molecule has 2 heterocycles. The third-order valence-electron chi connectivity index (χ3n) is 5.59. The van der Waals surface area contributed by atoms with Crippen LogP contribution in [0.1, 0.15) is 37.7 Å². The monoisotopic (exact) mass is 531 g/mol. The average Bonchev–Trinajstić information content (AvgIpc) is 3.16. The fourth-order valence-electron chi connectivity index (χ4n) is 3.65. The first kappa shape index (κ1) is 26.1. The van der Waals surface area contributed by atoms with Gasteiger partial charge in [-0.05, 0) is 49.7 Å². The van der Waals surface area contributed by atoms with E-state index < -0.39 is 23.6 Å². The van der Waals surface area contributed by atoms with Gasteiger partial charge in [0.15, 0.2) is 5.65 Å². The lowest BCUT2D eigenvalue weighted by Crippen LogP contribution is -2.16. The standard InChI is InChI=1S/C25H21ClF3N5O3/c1-13-7-8-15(23(35)32-17-6-4-5-16(10-17)25(27,28)29)9-19(13)33-24(36)18-11-30-22-21(20(18)26)31-14(2)34(22)12-37-3/h4-11H,12H2,1-3H3,(H,32,35)(H,33,36). The highest BCUT2D eigenvalue weighted by Crippen LogP contribution is 2.31. The van der Waals surface area contributed by atoms with Crippen molar-refractivity contribution in [3.05, 3.63) is 81.8 Å². The Balaban J connectivity index is 1.57. The number of ether oxygens (including phenoxy) is 1. The van der Waals surface area contributed by atoms with Crippen molar-refractivity contribution >= 4 is 46.0 Å². The zero-order chi connectivity index (χ0) is 26.9. The second-order valence-corrected chi connectivity index (χ2v) is 8.56. The predicted molar refractivity (Wildman–Crippen MR) is 133 cm³/mol. The average molecular weight is 532 g/mol. The molecule has 0 atom stereocenters. The molecule has 12 heteroatoms. The molecule has 0 unspecified atom stereocenters. The van der Waals surface area contributed by atoms with E-state index >= 15 is 0 Å². The zero-order valence-electron chi connectivity index (χ0n) is 19.9. The second-order valence-electron chi connectivity index (χ2n) is 8.18. The highest BCUT2D eigenvalue weighted by Gasteiger charge is 2.30. The Morgan fingerprint density at radius 1 is 1.08 bits per heavy atom. The van der Waals surface area contributed by atoms with Gasteiger partial charge in [0, 0.05) is 30.2 Å². The van der Waals surface area contributed by atoms with E-state index in [1.165, 1.54) is 37.6 Å². The summed E-state index contributed by atoms with van der Waals surface area (Å²) in [7, 11) is 1.53. The van der Waals surface area contributed by atoms with Gasteiger partial charge in [0.25, 0.3) is 11.8 Å². The molecular formula is C25H21ClF3N5O3. The van der Waals surface area contributed by atoms with Crippen LogP contribution in [-0.2, 0) is 17.6 Å². The van der Waals surface area contributed by atoms with Crippen LogP contribution in [0.5, 0.6) is 0 Å². The third kappa shape index (κ3) is 5.42. The number of anilines is 2. The van der Waals surface area contributed by atoms with Crippen LogP contribution in [0.2, 0.25) is 5.02 Å². The van der Waals surface area contributed by atoms with Gasteiger partial charge < -0.3 is 15.4 Å². The molecule has 0 aliphatic heterocycles. The smallest absolute Gasteiger partial charge is 0.364 e. The molecule has 0 saturated carbocycles. The Labute approximate surface area is 214 Å². The summed E-state index contributed by atoms with van der Waals surface area (Å²) in [5.74, 6) is -0.605. The summed E-state index contributed by atoms with van der Waals surface area (Å²) >= 11 is 6.48. The lowest BCUT2D eigenvalue weighted by molar-refractivity contribution is -0.137. The lowest BCUT2D eigenvalue weighted by Gasteiger charge is -2.13. The minimum Gasteiger partial charge on any atom is -0.364 e. The molecule has 0 saturated heterocycles. The number of aromatic nitrogens is 3. The van der Waals surface area contributed by atoms with E-state index in [1.54, 1.807) is 24.5 Å². The van der Waals surface area contributed by atoms with Crippen molar-refractivity contribution in [2.75, 3.05) is 17.7 Å². The highest BCUT2D eigenvalue weighted by atomic mass is 35.5. The fraction of sp³-hybridized carbons (Fsp3) is 0.200. The van der Waals surface area contributed by atoms with Crippen molar-refractivity contribution in [3.8, 4) is 0 Å². The molecule has 2 N–H and O–H groups in total. The number of nitrogens with one attached hydrogen (secondary N) is 2. The van der Waals surface area contributed by atoms with Crippen molar-refractivity contribution < 1.29 is 27.5 Å². The van der Waals surface area contributed by atoms with Gasteiger partial charge in [0.1, 0.15) is 18.1 Å². The molecule has 0 fully saturated rings. The van der Waals surface area contributed by atoms with E-state index in [2.05, 4.69) is 20.6 Å². The number of carbonyl (C=O) groups excluding carboxylic acids is 2. The van der Waals surface area contributed by atoms with Crippen molar-refractivity contribution in [2.45, 2.75) is 26.8 Å². The van der Waals surface area contributed by atoms with E-state index in [4.69, 9.17) is 16.3 Å². The predicted octanol–water partition coefficient (Wildman–Crippen LogP) is 5.83. The summed E-state index contributed by atoms with van der Waals surface area (Å²) in [5, 5.41) is 5.27. The first-order valence-corrected chi connectivity index (χ1v) is 11.3. The van der Waals surface area contributed by atoms with Crippen LogP contribution >= 0.6 is 11.6 Å². The van der Waals surface area contributed by atoms with Gasteiger partial charge in [-0.25, -0.2) is 9.97 Å². The molecule has 0 aliphatic carbocycles. The molecule has 0 aliphatic rings. The molecule has 2 aromatic carbocycles. The van der Waals surface area contributed by atoms with Crippen LogP contribution in [0.3, 0.4) is 0 Å². The quantitative estimate of drug-likeness (QED) is 0.326. The molecule has 2 aromatic heterocycles. The van der Waals surface area contributed by atoms with Gasteiger partial charge in [-0.15, -0.1) is 0 Å². The van der Waals surface area contributed by atoms with Crippen molar-refractivity contribution in [1.29, 1.82) is 0 Å². The number of imidazole rings is 1. The maximum absolute atomic E-state index is 13.0. The summed E-state index contributed by atoms with van der Waals surface area (Å²) in [6.45, 7) is 3.70. The van der Waals surface area contributed by atoms with E-state index in [9.17, 15) is 22.8 Å². The first-order chi connectivity index (χ1) is 17.5. The Kier molecular flexibility index (Phi) is 7.19. The molecule has 0 spiro atoms. The molecular weight excluding hydrogens is 511 g/mol. The van der Waals surface area contributed by atoms with Crippen LogP contribution in [0.25, 0.3) is 11.2 Å². The van der Waals surface area contributed by atoms with Crippen LogP contribution in [0, 0.1) is 13.8 Å². The van der Waals surface area contributed by atoms with E-state index in [0.717, 1.165) is 12.1 Å². The topological polar surface area (TPSA) is 98.1 Å². The summed E-state index contributed by atoms with van der Waals surface area (Å²) in [6.07, 6.45) is -3.21. The minimum absolute atomic E-state index is 0.0136.